The molecule has 0 heterocycles. The van der Waals surface area contributed by atoms with Crippen molar-refractivity contribution in [3.63, 3.8) is 0 Å². The molecule has 4 aliphatic carbocycles. The minimum absolute atomic E-state index is 0.242. The van der Waals surface area contributed by atoms with Gasteiger partial charge in [0.1, 0.15) is 0 Å². The molecule has 0 aromatic carbocycles. The SMILES string of the molecule is CS/C(=C/C12CC3CC(CC(C3)C1)C2)C(=O)O. The molecule has 0 aromatic rings. The number of carboxylic acid groups (broad SMARTS) is 1. The lowest BCUT2D eigenvalue weighted by atomic mass is 9.49. The molecule has 4 fully saturated rings. The monoisotopic (exact) mass is 252 g/mol. The van der Waals surface area contributed by atoms with Crippen LogP contribution < -0.4 is 0 Å². The summed E-state index contributed by atoms with van der Waals surface area (Å²) in [7, 11) is 0. The van der Waals surface area contributed by atoms with E-state index in [0.717, 1.165) is 17.8 Å². The minimum Gasteiger partial charge on any atom is -0.477 e. The van der Waals surface area contributed by atoms with Crippen molar-refractivity contribution in [1.82, 2.24) is 0 Å². The van der Waals surface area contributed by atoms with Crippen molar-refractivity contribution in [2.45, 2.75) is 38.5 Å². The number of hydrogen-bond acceptors (Lipinski definition) is 2. The maximum absolute atomic E-state index is 11.2. The number of allylic oxidation sites excluding steroid dienone is 1. The topological polar surface area (TPSA) is 37.3 Å². The van der Waals surface area contributed by atoms with Crippen LogP contribution in [0, 0.1) is 23.2 Å². The Labute approximate surface area is 107 Å². The van der Waals surface area contributed by atoms with E-state index in [4.69, 9.17) is 0 Å². The lowest BCUT2D eigenvalue weighted by molar-refractivity contribution is -0.132. The standard InChI is InChI=1S/C14H20O2S/c1-17-12(13(15)16)8-14-5-9-2-10(6-14)4-11(3-9)7-14/h8-11H,2-7H2,1H3,(H,15,16)/b12-8+. The number of thioether (sulfide) groups is 1. The summed E-state index contributed by atoms with van der Waals surface area (Å²) in [5.41, 5.74) is 0.242. The van der Waals surface area contributed by atoms with E-state index in [2.05, 4.69) is 6.08 Å². The van der Waals surface area contributed by atoms with Gasteiger partial charge in [-0.05, 0) is 67.9 Å². The molecule has 0 atom stereocenters. The second kappa shape index (κ2) is 4.04. The van der Waals surface area contributed by atoms with Gasteiger partial charge in [-0.25, -0.2) is 4.79 Å². The van der Waals surface area contributed by atoms with Gasteiger partial charge in [0, 0.05) is 0 Å². The molecule has 1 N–H and O–H groups in total. The van der Waals surface area contributed by atoms with Gasteiger partial charge in [-0.15, -0.1) is 11.8 Å². The van der Waals surface area contributed by atoms with E-state index in [1.54, 1.807) is 0 Å². The Hall–Kier alpha value is -0.440. The molecular formula is C14H20O2S. The van der Waals surface area contributed by atoms with Gasteiger partial charge < -0.3 is 5.11 Å². The third-order valence-corrected chi connectivity index (χ3v) is 5.69. The summed E-state index contributed by atoms with van der Waals surface area (Å²) in [6.45, 7) is 0. The molecule has 0 radical (unpaired) electrons. The zero-order chi connectivity index (χ0) is 12.0. The molecule has 4 aliphatic rings. The van der Waals surface area contributed by atoms with Crippen molar-refractivity contribution in [3.05, 3.63) is 11.0 Å². The van der Waals surface area contributed by atoms with Crippen LogP contribution in [0.1, 0.15) is 38.5 Å². The molecule has 0 saturated heterocycles. The van der Waals surface area contributed by atoms with Crippen LogP contribution >= 0.6 is 11.8 Å². The van der Waals surface area contributed by atoms with E-state index in [0.29, 0.717) is 4.91 Å². The van der Waals surface area contributed by atoms with Crippen molar-refractivity contribution >= 4 is 17.7 Å². The first kappa shape index (κ1) is 11.6. The average molecular weight is 252 g/mol. The van der Waals surface area contributed by atoms with Crippen LogP contribution in [0.15, 0.2) is 11.0 Å². The molecule has 3 heteroatoms. The number of carboxylic acids is 1. The van der Waals surface area contributed by atoms with Crippen molar-refractivity contribution in [2.75, 3.05) is 6.26 Å². The van der Waals surface area contributed by atoms with Gasteiger partial charge in [0.05, 0.1) is 4.91 Å². The first-order valence-corrected chi connectivity index (χ1v) is 7.83. The normalized spacial score (nSPS) is 44.1. The second-order valence-electron chi connectivity index (χ2n) is 6.30. The van der Waals surface area contributed by atoms with Crippen LogP contribution in [-0.4, -0.2) is 17.3 Å². The van der Waals surface area contributed by atoms with E-state index in [-0.39, 0.29) is 5.41 Å². The quantitative estimate of drug-likeness (QED) is 0.781. The van der Waals surface area contributed by atoms with Gasteiger partial charge in [0.2, 0.25) is 0 Å². The summed E-state index contributed by atoms with van der Waals surface area (Å²) in [5.74, 6) is 1.91. The molecule has 0 unspecified atom stereocenters. The highest BCUT2D eigenvalue weighted by atomic mass is 32.2. The van der Waals surface area contributed by atoms with E-state index in [9.17, 15) is 9.90 Å². The average Bonchev–Trinajstić information content (AvgIpc) is 2.23. The van der Waals surface area contributed by atoms with Crippen LogP contribution in [0.25, 0.3) is 0 Å². The molecule has 4 bridgehead atoms. The van der Waals surface area contributed by atoms with Gasteiger partial charge in [-0.3, -0.25) is 0 Å². The van der Waals surface area contributed by atoms with Gasteiger partial charge in [0.15, 0.2) is 0 Å². The van der Waals surface area contributed by atoms with Gasteiger partial charge in [-0.1, -0.05) is 6.08 Å². The van der Waals surface area contributed by atoms with E-state index >= 15 is 0 Å². The molecule has 0 aromatic heterocycles. The third kappa shape index (κ3) is 2.03. The predicted molar refractivity (Wildman–Crippen MR) is 69.8 cm³/mol. The Bertz CT molecular complexity index is 337. The van der Waals surface area contributed by atoms with Crippen molar-refractivity contribution in [1.29, 1.82) is 0 Å². The fourth-order valence-electron chi connectivity index (χ4n) is 4.84. The Balaban J connectivity index is 1.89. The van der Waals surface area contributed by atoms with E-state index in [1.807, 2.05) is 6.26 Å². The Morgan fingerprint density at radius 3 is 2.00 bits per heavy atom. The Morgan fingerprint density at radius 2 is 1.65 bits per heavy atom. The predicted octanol–water partition coefficient (Wildman–Crippen LogP) is 3.53. The first-order valence-electron chi connectivity index (χ1n) is 6.60. The summed E-state index contributed by atoms with van der Waals surface area (Å²) in [5, 5.41) is 9.19. The minimum atomic E-state index is -0.742. The summed E-state index contributed by atoms with van der Waals surface area (Å²) in [6.07, 6.45) is 12.0. The Morgan fingerprint density at radius 1 is 1.18 bits per heavy atom. The molecule has 17 heavy (non-hydrogen) atoms. The molecule has 4 saturated carbocycles. The maximum Gasteiger partial charge on any atom is 0.341 e. The zero-order valence-corrected chi connectivity index (χ0v) is 11.1. The number of hydrogen-bond donors (Lipinski definition) is 1. The van der Waals surface area contributed by atoms with Crippen molar-refractivity contribution < 1.29 is 9.90 Å². The summed E-state index contributed by atoms with van der Waals surface area (Å²) in [6, 6.07) is 0. The number of aliphatic carboxylic acids is 1. The molecule has 0 spiro atoms. The van der Waals surface area contributed by atoms with E-state index in [1.165, 1.54) is 50.3 Å². The largest absolute Gasteiger partial charge is 0.477 e. The van der Waals surface area contributed by atoms with Crippen LogP contribution in [0.5, 0.6) is 0 Å². The first-order chi connectivity index (χ1) is 8.10. The lowest BCUT2D eigenvalue weighted by Crippen LogP contribution is -2.45. The fraction of sp³-hybridized carbons (Fsp3) is 0.786. The van der Waals surface area contributed by atoms with Gasteiger partial charge in [-0.2, -0.15) is 0 Å². The second-order valence-corrected chi connectivity index (χ2v) is 7.15. The van der Waals surface area contributed by atoms with Crippen LogP contribution in [0.4, 0.5) is 0 Å². The lowest BCUT2D eigenvalue weighted by Gasteiger charge is -2.56. The van der Waals surface area contributed by atoms with Crippen LogP contribution in [0.3, 0.4) is 0 Å². The highest BCUT2D eigenvalue weighted by Crippen LogP contribution is 2.61. The summed E-state index contributed by atoms with van der Waals surface area (Å²) < 4.78 is 0. The molecule has 2 nitrogen and oxygen atoms in total. The number of carbonyl (C=O) groups is 1. The summed E-state index contributed by atoms with van der Waals surface area (Å²) >= 11 is 1.39. The highest BCUT2D eigenvalue weighted by Gasteiger charge is 2.50. The fourth-order valence-corrected chi connectivity index (χ4v) is 5.38. The molecular weight excluding hydrogens is 232 g/mol. The van der Waals surface area contributed by atoms with Gasteiger partial charge >= 0.3 is 5.97 Å². The zero-order valence-electron chi connectivity index (χ0n) is 10.3. The summed E-state index contributed by atoms with van der Waals surface area (Å²) in [4.78, 5) is 11.7. The molecule has 0 amide bonds. The molecule has 4 rings (SSSR count). The van der Waals surface area contributed by atoms with Crippen LogP contribution in [0.2, 0.25) is 0 Å². The molecule has 0 aliphatic heterocycles. The smallest absolute Gasteiger partial charge is 0.341 e. The van der Waals surface area contributed by atoms with Crippen molar-refractivity contribution in [3.8, 4) is 0 Å². The van der Waals surface area contributed by atoms with Crippen LogP contribution in [-0.2, 0) is 4.79 Å². The third-order valence-electron chi connectivity index (χ3n) is 4.95. The molecule has 94 valence electrons. The van der Waals surface area contributed by atoms with Crippen molar-refractivity contribution in [2.24, 2.45) is 23.2 Å². The maximum atomic E-state index is 11.2. The van der Waals surface area contributed by atoms with E-state index < -0.39 is 5.97 Å². The highest BCUT2D eigenvalue weighted by molar-refractivity contribution is 8.03. The Kier molecular flexibility index (Phi) is 2.77. The van der Waals surface area contributed by atoms with Gasteiger partial charge in [0.25, 0.3) is 0 Å². The number of rotatable bonds is 3.